The maximum absolute atomic E-state index is 5.02. The summed E-state index contributed by atoms with van der Waals surface area (Å²) in [4.78, 5) is 0. The summed E-state index contributed by atoms with van der Waals surface area (Å²) in [6, 6.07) is 4.32. The van der Waals surface area contributed by atoms with Crippen LogP contribution in [-0.4, -0.2) is 7.11 Å². The molecule has 0 spiro atoms. The Morgan fingerprint density at radius 3 is 2.46 bits per heavy atom. The van der Waals surface area contributed by atoms with Crippen molar-refractivity contribution in [3.8, 4) is 0 Å². The van der Waals surface area contributed by atoms with Crippen LogP contribution in [0.3, 0.4) is 0 Å². The van der Waals surface area contributed by atoms with Crippen LogP contribution in [0.25, 0.3) is 0 Å². The summed E-state index contributed by atoms with van der Waals surface area (Å²) in [5.74, 6) is 0.650. The van der Waals surface area contributed by atoms with Crippen molar-refractivity contribution < 1.29 is 9.30 Å². The van der Waals surface area contributed by atoms with E-state index in [2.05, 4.69) is 38.4 Å². The molecule has 1 aromatic rings. The van der Waals surface area contributed by atoms with Gasteiger partial charge >= 0.3 is 0 Å². The quantitative estimate of drug-likeness (QED) is 0.647. The third kappa shape index (κ3) is 2.81. The Morgan fingerprint density at radius 1 is 1.38 bits per heavy atom. The summed E-state index contributed by atoms with van der Waals surface area (Å²) in [6.07, 6.45) is 5.31. The van der Waals surface area contributed by atoms with E-state index >= 15 is 0 Å². The van der Waals surface area contributed by atoms with E-state index in [1.165, 1.54) is 12.0 Å². The Labute approximate surface area is 80.2 Å². The van der Waals surface area contributed by atoms with Crippen molar-refractivity contribution in [3.05, 3.63) is 30.1 Å². The van der Waals surface area contributed by atoms with E-state index in [-0.39, 0.29) is 0 Å². The first-order valence-electron chi connectivity index (χ1n) is 4.75. The molecule has 0 saturated heterocycles. The van der Waals surface area contributed by atoms with E-state index in [1.54, 1.807) is 7.11 Å². The second kappa shape index (κ2) is 4.97. The number of aromatic nitrogens is 1. The summed E-state index contributed by atoms with van der Waals surface area (Å²) in [7, 11) is 1.70. The molecular weight excluding hydrogens is 162 g/mol. The predicted molar refractivity (Wildman–Crippen MR) is 52.4 cm³/mol. The molecule has 0 bridgehead atoms. The van der Waals surface area contributed by atoms with Gasteiger partial charge in [0.2, 0.25) is 0 Å². The van der Waals surface area contributed by atoms with Crippen LogP contribution in [-0.2, 0) is 11.5 Å². The van der Waals surface area contributed by atoms with Crippen molar-refractivity contribution in [2.75, 3.05) is 7.11 Å². The van der Waals surface area contributed by atoms with E-state index in [9.17, 15) is 0 Å². The minimum Gasteiger partial charge on any atom is -0.327 e. The zero-order chi connectivity index (χ0) is 9.68. The van der Waals surface area contributed by atoms with Gasteiger partial charge in [0.1, 0.15) is 0 Å². The molecule has 2 heteroatoms. The van der Waals surface area contributed by atoms with Gasteiger partial charge in [0.25, 0.3) is 6.73 Å². The van der Waals surface area contributed by atoms with Crippen LogP contribution in [0.5, 0.6) is 0 Å². The number of nitrogens with zero attached hydrogens (tertiary/aromatic N) is 1. The lowest BCUT2D eigenvalue weighted by atomic mass is 10.0. The average Bonchev–Trinajstić information content (AvgIpc) is 2.18. The smallest absolute Gasteiger partial charge is 0.252 e. The number of pyridine rings is 1. The van der Waals surface area contributed by atoms with Gasteiger partial charge in [-0.25, -0.2) is 0 Å². The highest BCUT2D eigenvalue weighted by Gasteiger charge is 2.04. The first kappa shape index (κ1) is 10.2. The fourth-order valence-electron chi connectivity index (χ4n) is 1.27. The first-order valence-corrected chi connectivity index (χ1v) is 4.75. The Balaban J connectivity index is 2.69. The maximum atomic E-state index is 5.02. The van der Waals surface area contributed by atoms with Gasteiger partial charge in [-0.1, -0.05) is 13.8 Å². The van der Waals surface area contributed by atoms with Crippen molar-refractivity contribution in [2.45, 2.75) is 32.9 Å². The first-order chi connectivity index (χ1) is 6.27. The van der Waals surface area contributed by atoms with Crippen molar-refractivity contribution >= 4 is 0 Å². The minimum absolute atomic E-state index is 0.626. The standard InChI is InChI=1S/C11H18NO/c1-4-10(2)11-5-7-12(8-6-11)9-13-3/h5-8,10H,4,9H2,1-3H3/q+1. The highest BCUT2D eigenvalue weighted by molar-refractivity contribution is 5.12. The lowest BCUT2D eigenvalue weighted by molar-refractivity contribution is -0.731. The Kier molecular flexibility index (Phi) is 3.90. The number of rotatable bonds is 4. The third-order valence-electron chi connectivity index (χ3n) is 2.38. The predicted octanol–water partition coefficient (Wildman–Crippen LogP) is 2.09. The third-order valence-corrected chi connectivity index (χ3v) is 2.38. The lowest BCUT2D eigenvalue weighted by Crippen LogP contribution is -2.33. The highest BCUT2D eigenvalue weighted by Crippen LogP contribution is 2.16. The van der Waals surface area contributed by atoms with Crippen molar-refractivity contribution in [2.24, 2.45) is 0 Å². The summed E-state index contributed by atoms with van der Waals surface area (Å²) in [5.41, 5.74) is 1.40. The summed E-state index contributed by atoms with van der Waals surface area (Å²) in [6.45, 7) is 5.08. The normalized spacial score (nSPS) is 12.8. The zero-order valence-corrected chi connectivity index (χ0v) is 8.66. The van der Waals surface area contributed by atoms with E-state index in [0.717, 1.165) is 0 Å². The Morgan fingerprint density at radius 2 is 2.00 bits per heavy atom. The zero-order valence-electron chi connectivity index (χ0n) is 8.66. The molecule has 0 aliphatic heterocycles. The fourth-order valence-corrected chi connectivity index (χ4v) is 1.27. The van der Waals surface area contributed by atoms with Gasteiger partial charge in [-0.3, -0.25) is 0 Å². The molecule has 0 aliphatic carbocycles. The molecule has 13 heavy (non-hydrogen) atoms. The molecule has 0 amide bonds. The number of hydrogen-bond donors (Lipinski definition) is 0. The van der Waals surface area contributed by atoms with Crippen LogP contribution in [0.1, 0.15) is 31.7 Å². The summed E-state index contributed by atoms with van der Waals surface area (Å²) < 4.78 is 7.04. The molecule has 0 N–H and O–H groups in total. The second-order valence-electron chi connectivity index (χ2n) is 3.37. The van der Waals surface area contributed by atoms with E-state index in [4.69, 9.17) is 4.74 Å². The van der Waals surface area contributed by atoms with Crippen LogP contribution in [0, 0.1) is 0 Å². The minimum atomic E-state index is 0.626. The second-order valence-corrected chi connectivity index (χ2v) is 3.37. The lowest BCUT2D eigenvalue weighted by Gasteiger charge is -2.06. The Bertz CT molecular complexity index is 243. The molecule has 0 fully saturated rings. The summed E-state index contributed by atoms with van der Waals surface area (Å²) in [5, 5.41) is 0. The van der Waals surface area contributed by atoms with Crippen molar-refractivity contribution in [1.82, 2.24) is 0 Å². The molecule has 1 aromatic heterocycles. The van der Waals surface area contributed by atoms with E-state index in [0.29, 0.717) is 12.6 Å². The van der Waals surface area contributed by atoms with E-state index < -0.39 is 0 Å². The van der Waals surface area contributed by atoms with Crippen LogP contribution in [0.4, 0.5) is 0 Å². The van der Waals surface area contributed by atoms with Gasteiger partial charge in [-0.15, -0.1) is 0 Å². The van der Waals surface area contributed by atoms with Gasteiger partial charge < -0.3 is 4.74 Å². The fraction of sp³-hybridized carbons (Fsp3) is 0.545. The average molecular weight is 180 g/mol. The molecule has 0 radical (unpaired) electrons. The molecule has 1 atom stereocenters. The SMILES string of the molecule is CCC(C)c1cc[n+](COC)cc1. The molecule has 0 aromatic carbocycles. The van der Waals surface area contributed by atoms with Gasteiger partial charge in [0.15, 0.2) is 12.4 Å². The van der Waals surface area contributed by atoms with Gasteiger partial charge in [0.05, 0.1) is 0 Å². The molecule has 1 heterocycles. The monoisotopic (exact) mass is 180 g/mol. The van der Waals surface area contributed by atoms with Crippen LogP contribution < -0.4 is 4.57 Å². The molecular formula is C11H18NO+. The van der Waals surface area contributed by atoms with Crippen LogP contribution >= 0.6 is 0 Å². The number of hydrogen-bond acceptors (Lipinski definition) is 1. The molecule has 2 nitrogen and oxygen atoms in total. The van der Waals surface area contributed by atoms with Crippen molar-refractivity contribution in [3.63, 3.8) is 0 Å². The largest absolute Gasteiger partial charge is 0.327 e. The van der Waals surface area contributed by atoms with Gasteiger partial charge in [0, 0.05) is 19.2 Å². The molecule has 0 saturated carbocycles. The topological polar surface area (TPSA) is 13.1 Å². The molecule has 1 unspecified atom stereocenters. The maximum Gasteiger partial charge on any atom is 0.252 e. The summed E-state index contributed by atoms with van der Waals surface area (Å²) >= 11 is 0. The van der Waals surface area contributed by atoms with Crippen LogP contribution in [0.15, 0.2) is 24.5 Å². The van der Waals surface area contributed by atoms with Gasteiger partial charge in [-0.2, -0.15) is 4.57 Å². The molecule has 1 rings (SSSR count). The highest BCUT2D eigenvalue weighted by atomic mass is 16.5. The number of ether oxygens (including phenoxy) is 1. The van der Waals surface area contributed by atoms with Gasteiger partial charge in [-0.05, 0) is 17.9 Å². The Hall–Kier alpha value is -0.890. The van der Waals surface area contributed by atoms with Crippen molar-refractivity contribution in [1.29, 1.82) is 0 Å². The molecule has 72 valence electrons. The molecule has 0 aliphatic rings. The van der Waals surface area contributed by atoms with Crippen LogP contribution in [0.2, 0.25) is 0 Å². The van der Waals surface area contributed by atoms with E-state index in [1.807, 2.05) is 4.57 Å². The number of methoxy groups -OCH3 is 1.